The van der Waals surface area contributed by atoms with Gasteiger partial charge in [-0.05, 0) is 12.1 Å². The minimum absolute atomic E-state index is 0.163. The number of benzene rings is 1. The van der Waals surface area contributed by atoms with Gasteiger partial charge < -0.3 is 4.74 Å². The summed E-state index contributed by atoms with van der Waals surface area (Å²) >= 11 is 11.3. The van der Waals surface area contributed by atoms with Crippen LogP contribution in [0.5, 0.6) is 5.75 Å². The summed E-state index contributed by atoms with van der Waals surface area (Å²) < 4.78 is 5.23. The molecule has 4 heteroatoms. The summed E-state index contributed by atoms with van der Waals surface area (Å²) in [6.07, 6.45) is 0. The lowest BCUT2D eigenvalue weighted by molar-refractivity contribution is 0.358. The van der Waals surface area contributed by atoms with Crippen LogP contribution in [0.3, 0.4) is 0 Å². The van der Waals surface area contributed by atoms with Crippen LogP contribution in [0.2, 0.25) is 5.02 Å². The highest BCUT2D eigenvalue weighted by atomic mass is 35.5. The predicted octanol–water partition coefficient (Wildman–Crippen LogP) is 3.34. The van der Waals surface area contributed by atoms with Gasteiger partial charge in [-0.3, -0.25) is 0 Å². The Bertz CT molecular complexity index is 396. The van der Waals surface area contributed by atoms with Gasteiger partial charge in [-0.15, -0.1) is 0 Å². The second-order valence-electron chi connectivity index (χ2n) is 2.56. The Labute approximate surface area is 92.3 Å². The molecule has 0 radical (unpaired) electrons. The topological polar surface area (TPSA) is 33.0 Å². The van der Waals surface area contributed by atoms with Crippen LogP contribution in [0, 0.1) is 11.3 Å². The van der Waals surface area contributed by atoms with Gasteiger partial charge in [0.2, 0.25) is 0 Å². The van der Waals surface area contributed by atoms with Gasteiger partial charge in [-0.1, -0.05) is 29.8 Å². The van der Waals surface area contributed by atoms with Crippen LogP contribution in [0.1, 0.15) is 5.56 Å². The smallest absolute Gasteiger partial charge is 0.139 e. The van der Waals surface area contributed by atoms with E-state index in [-0.39, 0.29) is 6.61 Å². The zero-order chi connectivity index (χ0) is 10.6. The summed E-state index contributed by atoms with van der Waals surface area (Å²) in [5, 5.41) is 9.63. The van der Waals surface area contributed by atoms with Crippen molar-refractivity contribution in [2.75, 3.05) is 6.61 Å². The first-order valence-electron chi connectivity index (χ1n) is 3.79. The molecule has 0 saturated carbocycles. The predicted molar refractivity (Wildman–Crippen MR) is 56.7 cm³/mol. The van der Waals surface area contributed by atoms with Gasteiger partial charge in [-0.2, -0.15) is 5.26 Å². The van der Waals surface area contributed by atoms with Crippen molar-refractivity contribution in [2.45, 2.75) is 0 Å². The lowest BCUT2D eigenvalue weighted by Gasteiger charge is -2.06. The van der Waals surface area contributed by atoms with Gasteiger partial charge in [0.1, 0.15) is 18.4 Å². The van der Waals surface area contributed by atoms with Crippen molar-refractivity contribution in [3.05, 3.63) is 40.4 Å². The first-order chi connectivity index (χ1) is 6.63. The van der Waals surface area contributed by atoms with Crippen molar-refractivity contribution in [1.29, 1.82) is 5.26 Å². The molecule has 0 aromatic heterocycles. The van der Waals surface area contributed by atoms with Crippen LogP contribution in [-0.4, -0.2) is 6.61 Å². The molecule has 0 fully saturated rings. The quantitative estimate of drug-likeness (QED) is 0.794. The molecule has 0 aliphatic heterocycles. The van der Waals surface area contributed by atoms with Gasteiger partial charge in [0.15, 0.2) is 0 Å². The van der Waals surface area contributed by atoms with E-state index in [9.17, 15) is 0 Å². The van der Waals surface area contributed by atoms with Crippen LogP contribution in [0.4, 0.5) is 0 Å². The van der Waals surface area contributed by atoms with Gasteiger partial charge >= 0.3 is 0 Å². The molecule has 0 unspecified atom stereocenters. The molecule has 0 aliphatic rings. The van der Waals surface area contributed by atoms with Crippen molar-refractivity contribution in [1.82, 2.24) is 0 Å². The SMILES string of the molecule is C=C(Cl)COc1cc(Cl)ccc1C#N. The molecule has 2 nitrogen and oxygen atoms in total. The standard InChI is InChI=1S/C10H7Cl2NO/c1-7(11)6-14-10-4-9(12)3-2-8(10)5-13/h2-4H,1,6H2. The van der Waals surface area contributed by atoms with E-state index in [4.69, 9.17) is 33.2 Å². The Morgan fingerprint density at radius 3 is 2.86 bits per heavy atom. The number of rotatable bonds is 3. The third-order valence-electron chi connectivity index (χ3n) is 1.45. The molecular formula is C10H7Cl2NO. The van der Waals surface area contributed by atoms with Gasteiger partial charge in [0.05, 0.1) is 5.56 Å². The van der Waals surface area contributed by atoms with E-state index < -0.39 is 0 Å². The molecular weight excluding hydrogens is 221 g/mol. The first kappa shape index (κ1) is 10.9. The van der Waals surface area contributed by atoms with Crippen molar-refractivity contribution in [3.63, 3.8) is 0 Å². The number of halogens is 2. The highest BCUT2D eigenvalue weighted by molar-refractivity contribution is 6.30. The minimum Gasteiger partial charge on any atom is -0.487 e. The Morgan fingerprint density at radius 1 is 1.57 bits per heavy atom. The van der Waals surface area contributed by atoms with Crippen LogP contribution in [0.15, 0.2) is 29.8 Å². The maximum atomic E-state index is 8.75. The minimum atomic E-state index is 0.163. The van der Waals surface area contributed by atoms with E-state index in [2.05, 4.69) is 6.58 Å². The molecule has 14 heavy (non-hydrogen) atoms. The Kier molecular flexibility index (Phi) is 3.82. The van der Waals surface area contributed by atoms with Gasteiger partial charge in [-0.25, -0.2) is 0 Å². The maximum absolute atomic E-state index is 8.75. The Morgan fingerprint density at radius 2 is 2.29 bits per heavy atom. The molecule has 1 aromatic carbocycles. The summed E-state index contributed by atoms with van der Waals surface area (Å²) in [5.41, 5.74) is 0.423. The van der Waals surface area contributed by atoms with Crippen molar-refractivity contribution < 1.29 is 4.74 Å². The van der Waals surface area contributed by atoms with E-state index in [0.717, 1.165) is 0 Å². The third kappa shape index (κ3) is 2.95. The van der Waals surface area contributed by atoms with Crippen LogP contribution in [-0.2, 0) is 0 Å². The number of hydrogen-bond acceptors (Lipinski definition) is 2. The average molecular weight is 228 g/mol. The second kappa shape index (κ2) is 4.90. The first-order valence-corrected chi connectivity index (χ1v) is 4.55. The van der Waals surface area contributed by atoms with Crippen LogP contribution < -0.4 is 4.74 Å². The van der Waals surface area contributed by atoms with Crippen LogP contribution in [0.25, 0.3) is 0 Å². The van der Waals surface area contributed by atoms with E-state index in [1.54, 1.807) is 18.2 Å². The summed E-state index contributed by atoms with van der Waals surface area (Å²) in [5.74, 6) is 0.418. The van der Waals surface area contributed by atoms with Crippen molar-refractivity contribution >= 4 is 23.2 Å². The summed E-state index contributed by atoms with van der Waals surface area (Å²) in [6.45, 7) is 3.64. The van der Waals surface area contributed by atoms with E-state index in [0.29, 0.717) is 21.4 Å². The Balaban J connectivity index is 2.89. The lowest BCUT2D eigenvalue weighted by atomic mass is 10.2. The highest BCUT2D eigenvalue weighted by Gasteiger charge is 2.03. The molecule has 0 heterocycles. The van der Waals surface area contributed by atoms with E-state index >= 15 is 0 Å². The fourth-order valence-corrected chi connectivity index (χ4v) is 1.08. The summed E-state index contributed by atoms with van der Waals surface area (Å²) in [4.78, 5) is 0. The number of nitriles is 1. The van der Waals surface area contributed by atoms with E-state index in [1.165, 1.54) is 0 Å². The molecule has 1 rings (SSSR count). The Hall–Kier alpha value is -1.17. The van der Waals surface area contributed by atoms with Crippen molar-refractivity contribution in [2.24, 2.45) is 0 Å². The number of nitrogens with zero attached hydrogens (tertiary/aromatic N) is 1. The normalized spacial score (nSPS) is 9.21. The van der Waals surface area contributed by atoms with E-state index in [1.807, 2.05) is 6.07 Å². The highest BCUT2D eigenvalue weighted by Crippen LogP contribution is 2.23. The molecule has 0 N–H and O–H groups in total. The molecule has 0 aliphatic carbocycles. The van der Waals surface area contributed by atoms with Gasteiger partial charge in [0, 0.05) is 16.1 Å². The van der Waals surface area contributed by atoms with Crippen molar-refractivity contribution in [3.8, 4) is 11.8 Å². The molecule has 0 spiro atoms. The van der Waals surface area contributed by atoms with Gasteiger partial charge in [0.25, 0.3) is 0 Å². The zero-order valence-electron chi connectivity index (χ0n) is 7.26. The number of hydrogen-bond donors (Lipinski definition) is 0. The molecule has 0 bridgehead atoms. The lowest BCUT2D eigenvalue weighted by Crippen LogP contribution is -1.98. The molecule has 0 saturated heterocycles. The maximum Gasteiger partial charge on any atom is 0.139 e. The molecule has 1 aromatic rings. The zero-order valence-corrected chi connectivity index (χ0v) is 8.77. The van der Waals surface area contributed by atoms with Crippen LogP contribution >= 0.6 is 23.2 Å². The number of ether oxygens (including phenoxy) is 1. The molecule has 0 atom stereocenters. The summed E-state index contributed by atoms with van der Waals surface area (Å²) in [6, 6.07) is 6.78. The largest absolute Gasteiger partial charge is 0.487 e. The molecule has 0 amide bonds. The summed E-state index contributed by atoms with van der Waals surface area (Å²) in [7, 11) is 0. The third-order valence-corrected chi connectivity index (χ3v) is 1.79. The fraction of sp³-hybridized carbons (Fsp3) is 0.100. The second-order valence-corrected chi connectivity index (χ2v) is 3.53. The fourth-order valence-electron chi connectivity index (χ4n) is 0.864. The average Bonchev–Trinajstić information content (AvgIpc) is 2.15. The monoisotopic (exact) mass is 227 g/mol. The molecule has 72 valence electrons.